The molecular weight excluding hydrogens is 382 g/mol. The minimum Gasteiger partial charge on any atom is -0.462 e. The van der Waals surface area contributed by atoms with Gasteiger partial charge in [-0.2, -0.15) is 0 Å². The fourth-order valence-electron chi connectivity index (χ4n) is 3.85. The number of imidazole rings is 1. The first-order valence-corrected chi connectivity index (χ1v) is 10.3. The van der Waals surface area contributed by atoms with Gasteiger partial charge in [0, 0.05) is 31.4 Å². The predicted molar refractivity (Wildman–Crippen MR) is 114 cm³/mol. The molecule has 30 heavy (non-hydrogen) atoms. The highest BCUT2D eigenvalue weighted by molar-refractivity contribution is 5.92. The highest BCUT2D eigenvalue weighted by Gasteiger charge is 2.30. The smallest absolute Gasteiger partial charge is 0.338 e. The minimum atomic E-state index is -0.370. The van der Waals surface area contributed by atoms with Gasteiger partial charge in [-0.15, -0.1) is 0 Å². The van der Waals surface area contributed by atoms with Gasteiger partial charge < -0.3 is 19.5 Å². The molecule has 0 unspecified atom stereocenters. The molecule has 0 spiro atoms. The van der Waals surface area contributed by atoms with Crippen molar-refractivity contribution < 1.29 is 14.3 Å². The number of carbonyl (C=O) groups is 2. The van der Waals surface area contributed by atoms with Crippen LogP contribution in [0.25, 0.3) is 11.2 Å². The highest BCUT2D eigenvalue weighted by Crippen LogP contribution is 2.28. The lowest BCUT2D eigenvalue weighted by Crippen LogP contribution is -2.33. The minimum absolute atomic E-state index is 0.150. The van der Waals surface area contributed by atoms with E-state index in [9.17, 15) is 9.59 Å². The Labute approximate surface area is 174 Å². The summed E-state index contributed by atoms with van der Waals surface area (Å²) in [6.45, 7) is 5.43. The van der Waals surface area contributed by atoms with Crippen molar-refractivity contribution in [3.05, 3.63) is 54.0 Å². The molecule has 0 saturated carbocycles. The third-order valence-electron chi connectivity index (χ3n) is 5.30. The monoisotopic (exact) mass is 407 g/mol. The van der Waals surface area contributed by atoms with Gasteiger partial charge in [0.25, 0.3) is 0 Å². The molecule has 0 radical (unpaired) electrons. The zero-order chi connectivity index (χ0) is 21.1. The average molecular weight is 407 g/mol. The molecule has 1 aromatic carbocycles. The van der Waals surface area contributed by atoms with E-state index in [1.54, 1.807) is 42.3 Å². The van der Waals surface area contributed by atoms with Crippen LogP contribution in [0, 0.1) is 0 Å². The maximum absolute atomic E-state index is 12.8. The highest BCUT2D eigenvalue weighted by atomic mass is 16.5. The van der Waals surface area contributed by atoms with E-state index < -0.39 is 0 Å². The second kappa shape index (κ2) is 8.52. The standard InChI is InChI=1S/C22H25N5O3/c1-3-19-25-18-6-5-12-23-20(18)27(19)17-11-13-26(14-17)22(29)24-16-9-7-15(8-10-16)21(28)30-4-2/h5-10,12,17H,3-4,11,13-14H2,1-2H3,(H,24,29)/t17-/m1/s1. The molecule has 0 bridgehead atoms. The van der Waals surface area contributed by atoms with Crippen LogP contribution in [0.3, 0.4) is 0 Å². The Kier molecular flexibility index (Phi) is 5.65. The number of ether oxygens (including phenoxy) is 1. The number of nitrogens with one attached hydrogen (secondary N) is 1. The van der Waals surface area contributed by atoms with E-state index in [1.165, 1.54) is 0 Å². The summed E-state index contributed by atoms with van der Waals surface area (Å²) >= 11 is 0. The van der Waals surface area contributed by atoms with Crippen molar-refractivity contribution in [1.82, 2.24) is 19.4 Å². The summed E-state index contributed by atoms with van der Waals surface area (Å²) in [5.41, 5.74) is 2.86. The maximum Gasteiger partial charge on any atom is 0.338 e. The van der Waals surface area contributed by atoms with E-state index in [0.29, 0.717) is 30.9 Å². The van der Waals surface area contributed by atoms with Crippen LogP contribution in [-0.2, 0) is 11.2 Å². The van der Waals surface area contributed by atoms with Crippen molar-refractivity contribution in [1.29, 1.82) is 0 Å². The van der Waals surface area contributed by atoms with Crippen molar-refractivity contribution >= 4 is 28.9 Å². The number of aryl methyl sites for hydroxylation is 1. The van der Waals surface area contributed by atoms with Crippen LogP contribution >= 0.6 is 0 Å². The molecule has 1 saturated heterocycles. The number of fused-ring (bicyclic) bond motifs is 1. The normalized spacial score (nSPS) is 16.1. The number of amides is 2. The van der Waals surface area contributed by atoms with Crippen molar-refractivity contribution in [2.45, 2.75) is 32.7 Å². The van der Waals surface area contributed by atoms with E-state index >= 15 is 0 Å². The van der Waals surface area contributed by atoms with Gasteiger partial charge in [0.15, 0.2) is 5.65 Å². The predicted octanol–water partition coefficient (Wildman–Crippen LogP) is 3.65. The number of likely N-dealkylation sites (tertiary alicyclic amines) is 1. The molecule has 156 valence electrons. The molecule has 4 rings (SSSR count). The first kappa shape index (κ1) is 19.9. The third-order valence-corrected chi connectivity index (χ3v) is 5.30. The number of carbonyl (C=O) groups excluding carboxylic acids is 2. The summed E-state index contributed by atoms with van der Waals surface area (Å²) in [6.07, 6.45) is 3.44. The van der Waals surface area contributed by atoms with E-state index in [1.807, 2.05) is 12.1 Å². The van der Waals surface area contributed by atoms with E-state index in [0.717, 1.165) is 29.8 Å². The number of rotatable bonds is 5. The number of nitrogens with zero attached hydrogens (tertiary/aromatic N) is 4. The number of hydrogen-bond acceptors (Lipinski definition) is 5. The van der Waals surface area contributed by atoms with Crippen LogP contribution in [-0.4, -0.2) is 51.1 Å². The second-order valence-corrected chi connectivity index (χ2v) is 7.21. The van der Waals surface area contributed by atoms with Crippen LogP contribution in [0.5, 0.6) is 0 Å². The van der Waals surface area contributed by atoms with Gasteiger partial charge in [0.2, 0.25) is 0 Å². The molecule has 1 aliphatic rings. The molecule has 8 heteroatoms. The molecule has 1 aliphatic heterocycles. The van der Waals surface area contributed by atoms with Gasteiger partial charge in [-0.1, -0.05) is 6.92 Å². The first-order chi connectivity index (χ1) is 14.6. The summed E-state index contributed by atoms with van der Waals surface area (Å²) in [7, 11) is 0. The summed E-state index contributed by atoms with van der Waals surface area (Å²) in [4.78, 5) is 35.5. The van der Waals surface area contributed by atoms with E-state index in [4.69, 9.17) is 9.72 Å². The summed E-state index contributed by atoms with van der Waals surface area (Å²) in [5, 5.41) is 2.91. The van der Waals surface area contributed by atoms with Gasteiger partial charge in [-0.05, 0) is 49.7 Å². The second-order valence-electron chi connectivity index (χ2n) is 7.21. The zero-order valence-electron chi connectivity index (χ0n) is 17.2. The number of aromatic nitrogens is 3. The molecule has 8 nitrogen and oxygen atoms in total. The quantitative estimate of drug-likeness (QED) is 0.652. The number of pyridine rings is 1. The Hall–Kier alpha value is -3.42. The largest absolute Gasteiger partial charge is 0.462 e. The Morgan fingerprint density at radius 3 is 2.73 bits per heavy atom. The topological polar surface area (TPSA) is 89.4 Å². The molecule has 2 aromatic heterocycles. The summed E-state index contributed by atoms with van der Waals surface area (Å²) in [6, 6.07) is 10.6. The van der Waals surface area contributed by atoms with Crippen LogP contribution in [0.4, 0.5) is 10.5 Å². The molecule has 3 aromatic rings. The summed E-state index contributed by atoms with van der Waals surface area (Å²) in [5.74, 6) is 0.621. The SMILES string of the molecule is CCOC(=O)c1ccc(NC(=O)N2CC[C@@H](n3c(CC)nc4cccnc43)C2)cc1. The van der Waals surface area contributed by atoms with Gasteiger partial charge >= 0.3 is 12.0 Å². The molecule has 1 N–H and O–H groups in total. The Balaban J connectivity index is 1.44. The fourth-order valence-corrected chi connectivity index (χ4v) is 3.85. The van der Waals surface area contributed by atoms with Gasteiger partial charge in [0.05, 0.1) is 18.2 Å². The van der Waals surface area contributed by atoms with E-state index in [-0.39, 0.29) is 18.0 Å². The Morgan fingerprint density at radius 1 is 1.20 bits per heavy atom. The zero-order valence-corrected chi connectivity index (χ0v) is 17.2. The van der Waals surface area contributed by atoms with Crippen LogP contribution in [0.2, 0.25) is 0 Å². The van der Waals surface area contributed by atoms with Crippen molar-refractivity contribution in [3.8, 4) is 0 Å². The molecule has 0 aliphatic carbocycles. The van der Waals surface area contributed by atoms with Crippen molar-refractivity contribution in [2.24, 2.45) is 0 Å². The average Bonchev–Trinajstić information content (AvgIpc) is 3.38. The molecular formula is C22H25N5O3. The van der Waals surface area contributed by atoms with Gasteiger partial charge in [-0.25, -0.2) is 19.6 Å². The lowest BCUT2D eigenvalue weighted by atomic mass is 10.2. The van der Waals surface area contributed by atoms with Crippen LogP contribution in [0.1, 0.15) is 42.5 Å². The van der Waals surface area contributed by atoms with E-state index in [2.05, 4.69) is 21.8 Å². The van der Waals surface area contributed by atoms with Crippen molar-refractivity contribution in [2.75, 3.05) is 25.0 Å². The Bertz CT molecular complexity index is 1060. The lowest BCUT2D eigenvalue weighted by molar-refractivity contribution is 0.0526. The number of urea groups is 1. The van der Waals surface area contributed by atoms with Crippen molar-refractivity contribution in [3.63, 3.8) is 0 Å². The third kappa shape index (κ3) is 3.85. The van der Waals surface area contributed by atoms with Crippen LogP contribution in [0.15, 0.2) is 42.6 Å². The summed E-state index contributed by atoms with van der Waals surface area (Å²) < 4.78 is 7.16. The maximum atomic E-state index is 12.8. The first-order valence-electron chi connectivity index (χ1n) is 10.3. The number of hydrogen-bond donors (Lipinski definition) is 1. The lowest BCUT2D eigenvalue weighted by Gasteiger charge is -2.19. The molecule has 2 amide bonds. The number of benzene rings is 1. The van der Waals surface area contributed by atoms with Gasteiger partial charge in [0.1, 0.15) is 11.3 Å². The fraction of sp³-hybridized carbons (Fsp3) is 0.364. The Morgan fingerprint density at radius 2 is 2.00 bits per heavy atom. The van der Waals surface area contributed by atoms with Crippen LogP contribution < -0.4 is 5.32 Å². The molecule has 1 fully saturated rings. The van der Waals surface area contributed by atoms with Gasteiger partial charge in [-0.3, -0.25) is 0 Å². The molecule has 3 heterocycles. The number of anilines is 1. The molecule has 1 atom stereocenters. The number of esters is 1.